The molecule has 82 valence electrons. The van der Waals surface area contributed by atoms with Crippen LogP contribution in [-0.4, -0.2) is 17.0 Å². The summed E-state index contributed by atoms with van der Waals surface area (Å²) in [5, 5.41) is 19.7. The highest BCUT2D eigenvalue weighted by Crippen LogP contribution is 2.18. The molecular weight excluding hydrogens is 208 g/mol. The first-order valence-electron chi connectivity index (χ1n) is 4.56. The Bertz CT molecular complexity index is 475. The molecule has 0 saturated carbocycles. The van der Waals surface area contributed by atoms with Gasteiger partial charge in [-0.2, -0.15) is 5.26 Å². The Hall–Kier alpha value is -2.35. The van der Waals surface area contributed by atoms with Crippen molar-refractivity contribution in [1.29, 1.82) is 5.26 Å². The van der Waals surface area contributed by atoms with E-state index >= 15 is 0 Å². The molecule has 5 heteroatoms. The minimum Gasteiger partial charge on any atom is -0.478 e. The van der Waals surface area contributed by atoms with Gasteiger partial charge < -0.3 is 10.4 Å². The average Bonchev–Trinajstić information content (AvgIpc) is 2.21. The van der Waals surface area contributed by atoms with E-state index in [1.54, 1.807) is 25.1 Å². The first-order chi connectivity index (χ1) is 7.56. The number of amides is 1. The average molecular weight is 218 g/mol. The largest absolute Gasteiger partial charge is 0.478 e. The van der Waals surface area contributed by atoms with E-state index in [0.717, 1.165) is 0 Å². The van der Waals surface area contributed by atoms with Crippen molar-refractivity contribution in [3.63, 3.8) is 0 Å². The number of anilines is 1. The molecule has 0 aliphatic carbocycles. The fraction of sp³-hybridized carbons (Fsp3) is 0.182. The van der Waals surface area contributed by atoms with Crippen LogP contribution in [0.5, 0.6) is 0 Å². The summed E-state index contributed by atoms with van der Waals surface area (Å²) in [6, 6.07) is 6.31. The maximum absolute atomic E-state index is 11.2. The zero-order valence-corrected chi connectivity index (χ0v) is 8.65. The SMILES string of the molecule is Cc1c(NC(=O)CC#N)cccc1C(=O)O. The molecular formula is C11H10N2O3. The van der Waals surface area contributed by atoms with Gasteiger partial charge in [0.05, 0.1) is 11.6 Å². The molecule has 0 spiro atoms. The number of hydrogen-bond donors (Lipinski definition) is 2. The van der Waals surface area contributed by atoms with Crippen LogP contribution in [0.25, 0.3) is 0 Å². The third-order valence-electron chi connectivity index (χ3n) is 2.08. The van der Waals surface area contributed by atoms with Crippen molar-refractivity contribution in [2.45, 2.75) is 13.3 Å². The van der Waals surface area contributed by atoms with Crippen molar-refractivity contribution in [2.24, 2.45) is 0 Å². The molecule has 1 aromatic rings. The maximum atomic E-state index is 11.2. The summed E-state index contributed by atoms with van der Waals surface area (Å²) in [6.07, 6.45) is -0.253. The number of benzene rings is 1. The van der Waals surface area contributed by atoms with E-state index in [1.165, 1.54) is 6.07 Å². The van der Waals surface area contributed by atoms with E-state index in [4.69, 9.17) is 10.4 Å². The zero-order valence-electron chi connectivity index (χ0n) is 8.65. The molecule has 0 radical (unpaired) electrons. The van der Waals surface area contributed by atoms with Crippen LogP contribution in [0.1, 0.15) is 22.3 Å². The topological polar surface area (TPSA) is 90.2 Å². The van der Waals surface area contributed by atoms with Gasteiger partial charge in [-0.05, 0) is 24.6 Å². The highest BCUT2D eigenvalue weighted by molar-refractivity contribution is 5.96. The van der Waals surface area contributed by atoms with Crippen molar-refractivity contribution < 1.29 is 14.7 Å². The Labute approximate surface area is 92.3 Å². The number of carbonyl (C=O) groups is 2. The van der Waals surface area contributed by atoms with Crippen LogP contribution in [0.15, 0.2) is 18.2 Å². The molecule has 0 aliphatic heterocycles. The summed E-state index contributed by atoms with van der Waals surface area (Å²) in [5.41, 5.74) is 1.02. The highest BCUT2D eigenvalue weighted by Gasteiger charge is 2.11. The second-order valence-corrected chi connectivity index (χ2v) is 3.17. The molecule has 0 saturated heterocycles. The highest BCUT2D eigenvalue weighted by atomic mass is 16.4. The lowest BCUT2D eigenvalue weighted by atomic mass is 10.1. The summed E-state index contributed by atoms with van der Waals surface area (Å²) in [4.78, 5) is 22.0. The molecule has 0 heterocycles. The number of aromatic carboxylic acids is 1. The van der Waals surface area contributed by atoms with Crippen LogP contribution in [0, 0.1) is 18.3 Å². The van der Waals surface area contributed by atoms with Gasteiger partial charge in [0, 0.05) is 5.69 Å². The van der Waals surface area contributed by atoms with Crippen LogP contribution >= 0.6 is 0 Å². The number of nitriles is 1. The van der Waals surface area contributed by atoms with Gasteiger partial charge in [0.25, 0.3) is 0 Å². The van der Waals surface area contributed by atoms with E-state index < -0.39 is 11.9 Å². The second kappa shape index (κ2) is 4.94. The normalized spacial score (nSPS) is 9.25. The van der Waals surface area contributed by atoms with Gasteiger partial charge in [-0.25, -0.2) is 4.79 Å². The summed E-state index contributed by atoms with van der Waals surface area (Å²) in [6.45, 7) is 1.60. The van der Waals surface area contributed by atoms with Crippen LogP contribution in [0.2, 0.25) is 0 Å². The van der Waals surface area contributed by atoms with Crippen LogP contribution in [0.3, 0.4) is 0 Å². The minimum absolute atomic E-state index is 0.134. The molecule has 1 aromatic carbocycles. The minimum atomic E-state index is -1.05. The second-order valence-electron chi connectivity index (χ2n) is 3.17. The smallest absolute Gasteiger partial charge is 0.336 e. The van der Waals surface area contributed by atoms with Gasteiger partial charge in [-0.15, -0.1) is 0 Å². The summed E-state index contributed by atoms with van der Waals surface area (Å²) < 4.78 is 0. The van der Waals surface area contributed by atoms with Gasteiger partial charge >= 0.3 is 5.97 Å². The predicted octanol–water partition coefficient (Wildman–Crippen LogP) is 1.55. The summed E-state index contributed by atoms with van der Waals surface area (Å²) >= 11 is 0. The predicted molar refractivity (Wildman–Crippen MR) is 57.0 cm³/mol. The third-order valence-corrected chi connectivity index (χ3v) is 2.08. The molecule has 0 bridgehead atoms. The van der Waals surface area contributed by atoms with Crippen LogP contribution in [0.4, 0.5) is 5.69 Å². The Kier molecular flexibility index (Phi) is 3.62. The fourth-order valence-electron chi connectivity index (χ4n) is 1.27. The Morgan fingerprint density at radius 3 is 2.75 bits per heavy atom. The number of rotatable bonds is 3. The van der Waals surface area contributed by atoms with Crippen molar-refractivity contribution >= 4 is 17.6 Å². The van der Waals surface area contributed by atoms with Crippen LogP contribution in [-0.2, 0) is 4.79 Å². The van der Waals surface area contributed by atoms with E-state index in [2.05, 4.69) is 5.32 Å². The molecule has 0 atom stereocenters. The molecule has 1 amide bonds. The molecule has 0 fully saturated rings. The quantitative estimate of drug-likeness (QED) is 0.805. The third kappa shape index (κ3) is 2.58. The number of nitrogens with zero attached hydrogens (tertiary/aromatic N) is 1. The van der Waals surface area contributed by atoms with Gasteiger partial charge in [0.2, 0.25) is 5.91 Å². The van der Waals surface area contributed by atoms with E-state index in [-0.39, 0.29) is 12.0 Å². The number of carbonyl (C=O) groups excluding carboxylic acids is 1. The molecule has 0 aliphatic rings. The van der Waals surface area contributed by atoms with E-state index in [9.17, 15) is 9.59 Å². The maximum Gasteiger partial charge on any atom is 0.336 e. The number of hydrogen-bond acceptors (Lipinski definition) is 3. The van der Waals surface area contributed by atoms with Gasteiger partial charge in [0.1, 0.15) is 6.42 Å². The lowest BCUT2D eigenvalue weighted by Crippen LogP contribution is -2.12. The van der Waals surface area contributed by atoms with Crippen molar-refractivity contribution in [1.82, 2.24) is 0 Å². The molecule has 16 heavy (non-hydrogen) atoms. The lowest BCUT2D eigenvalue weighted by Gasteiger charge is -2.08. The van der Waals surface area contributed by atoms with Gasteiger partial charge in [0.15, 0.2) is 0 Å². The van der Waals surface area contributed by atoms with Gasteiger partial charge in [-0.3, -0.25) is 4.79 Å². The monoisotopic (exact) mass is 218 g/mol. The molecule has 1 rings (SSSR count). The lowest BCUT2D eigenvalue weighted by molar-refractivity contribution is -0.115. The molecule has 2 N–H and O–H groups in total. The standard InChI is InChI=1S/C11H10N2O3/c1-7-8(11(15)16)3-2-4-9(7)13-10(14)5-6-12/h2-4H,5H2,1H3,(H,13,14)(H,15,16). The van der Waals surface area contributed by atoms with Crippen molar-refractivity contribution in [2.75, 3.05) is 5.32 Å². The van der Waals surface area contributed by atoms with E-state index in [1.807, 2.05) is 0 Å². The summed E-state index contributed by atoms with van der Waals surface area (Å²) in [5.74, 6) is -1.50. The molecule has 0 unspecified atom stereocenters. The van der Waals surface area contributed by atoms with Crippen molar-refractivity contribution in [3.05, 3.63) is 29.3 Å². The number of nitrogens with one attached hydrogen (secondary N) is 1. The number of carboxylic acids is 1. The fourth-order valence-corrected chi connectivity index (χ4v) is 1.27. The van der Waals surface area contributed by atoms with Crippen molar-refractivity contribution in [3.8, 4) is 6.07 Å². The van der Waals surface area contributed by atoms with E-state index in [0.29, 0.717) is 11.3 Å². The Balaban J connectivity index is 2.98. The Morgan fingerprint density at radius 1 is 1.50 bits per heavy atom. The molecule has 0 aromatic heterocycles. The van der Waals surface area contributed by atoms with Crippen LogP contribution < -0.4 is 5.32 Å². The number of carboxylic acid groups (broad SMARTS) is 1. The first kappa shape index (κ1) is 11.7. The van der Waals surface area contributed by atoms with Gasteiger partial charge in [-0.1, -0.05) is 6.07 Å². The zero-order chi connectivity index (χ0) is 12.1. The molecule has 5 nitrogen and oxygen atoms in total. The Morgan fingerprint density at radius 2 is 2.19 bits per heavy atom. The first-order valence-corrected chi connectivity index (χ1v) is 4.56. The summed E-state index contributed by atoms with van der Waals surface area (Å²) in [7, 11) is 0.